The molecule has 1 aromatic heterocycles. The third-order valence-corrected chi connectivity index (χ3v) is 1.65. The molecular weight excluding hydrogens is 170 g/mol. The van der Waals surface area contributed by atoms with Gasteiger partial charge in [0.2, 0.25) is 0 Å². The Morgan fingerprint density at radius 2 is 2.00 bits per heavy atom. The number of benzene rings is 1. The molecule has 3 N–H and O–H groups in total. The number of aromatic nitrogens is 3. The summed E-state index contributed by atoms with van der Waals surface area (Å²) in [6, 6.07) is 4.41. The molecule has 1 heterocycles. The van der Waals surface area contributed by atoms with Gasteiger partial charge in [-0.3, -0.25) is 5.10 Å². The van der Waals surface area contributed by atoms with E-state index < -0.39 is 0 Å². The Kier molecular flexibility index (Phi) is 1.63. The van der Waals surface area contributed by atoms with Crippen LogP contribution in [-0.2, 0) is 0 Å². The van der Waals surface area contributed by atoms with Gasteiger partial charge in [-0.05, 0) is 18.2 Å². The Bertz CT molecular complexity index is 411. The summed E-state index contributed by atoms with van der Waals surface area (Å²) in [7, 11) is 0. The molecule has 0 amide bonds. The molecule has 2 rings (SSSR count). The second-order valence-corrected chi connectivity index (χ2v) is 2.53. The zero-order valence-electron chi connectivity index (χ0n) is 6.60. The first-order chi connectivity index (χ1) is 6.27. The summed E-state index contributed by atoms with van der Waals surface area (Å²) in [5, 5.41) is 24.6. The lowest BCUT2D eigenvalue weighted by atomic mass is 10.2. The number of nitrogens with one attached hydrogen (secondary N) is 1. The summed E-state index contributed by atoms with van der Waals surface area (Å²) >= 11 is 0. The second kappa shape index (κ2) is 2.78. The third-order valence-electron chi connectivity index (χ3n) is 1.65. The van der Waals surface area contributed by atoms with Gasteiger partial charge in [-0.1, -0.05) is 0 Å². The minimum absolute atomic E-state index is 0.153. The van der Waals surface area contributed by atoms with Crippen LogP contribution in [0.4, 0.5) is 0 Å². The van der Waals surface area contributed by atoms with Crippen LogP contribution < -0.4 is 0 Å². The van der Waals surface area contributed by atoms with Gasteiger partial charge in [-0.15, -0.1) is 0 Å². The van der Waals surface area contributed by atoms with E-state index in [0.29, 0.717) is 11.4 Å². The van der Waals surface area contributed by atoms with Gasteiger partial charge in [0.25, 0.3) is 0 Å². The van der Waals surface area contributed by atoms with Crippen LogP contribution in [0.25, 0.3) is 11.4 Å². The molecule has 0 unspecified atom stereocenters. The first kappa shape index (κ1) is 7.60. The topological polar surface area (TPSA) is 82.0 Å². The summed E-state index contributed by atoms with van der Waals surface area (Å²) in [6.07, 6.45) is 1.44. The average molecular weight is 177 g/mol. The van der Waals surface area contributed by atoms with Crippen molar-refractivity contribution in [1.29, 1.82) is 0 Å². The molecule has 5 heteroatoms. The summed E-state index contributed by atoms with van der Waals surface area (Å²) in [6.45, 7) is 0. The standard InChI is InChI=1S/C8H7N3O2/c12-6-2-1-5(3-7(6)13)8-9-4-10-11-8/h1-4,12-13H,(H,9,10,11). The predicted molar refractivity (Wildman–Crippen MR) is 45.1 cm³/mol. The Balaban J connectivity index is 2.49. The number of hydrogen-bond donors (Lipinski definition) is 3. The number of H-pyrrole nitrogens is 1. The minimum atomic E-state index is -0.178. The van der Waals surface area contributed by atoms with E-state index in [1.54, 1.807) is 6.07 Å². The third kappa shape index (κ3) is 1.31. The lowest BCUT2D eigenvalue weighted by Gasteiger charge is -1.98. The van der Waals surface area contributed by atoms with Gasteiger partial charge in [0.15, 0.2) is 17.3 Å². The highest BCUT2D eigenvalue weighted by atomic mass is 16.3. The van der Waals surface area contributed by atoms with Gasteiger partial charge in [0, 0.05) is 5.56 Å². The summed E-state index contributed by atoms with van der Waals surface area (Å²) in [4.78, 5) is 3.90. The fourth-order valence-corrected chi connectivity index (χ4v) is 1.01. The fourth-order valence-electron chi connectivity index (χ4n) is 1.01. The molecular formula is C8H7N3O2. The van der Waals surface area contributed by atoms with Crippen molar-refractivity contribution < 1.29 is 10.2 Å². The molecule has 0 saturated heterocycles. The van der Waals surface area contributed by atoms with E-state index in [4.69, 9.17) is 5.11 Å². The lowest BCUT2D eigenvalue weighted by molar-refractivity contribution is 0.404. The molecule has 0 aliphatic heterocycles. The molecule has 2 aromatic rings. The van der Waals surface area contributed by atoms with Crippen molar-refractivity contribution in [2.75, 3.05) is 0 Å². The van der Waals surface area contributed by atoms with Gasteiger partial charge < -0.3 is 10.2 Å². The predicted octanol–water partition coefficient (Wildman–Crippen LogP) is 0.883. The summed E-state index contributed by atoms with van der Waals surface area (Å²) in [5.74, 6) is 0.150. The van der Waals surface area contributed by atoms with Crippen molar-refractivity contribution in [2.24, 2.45) is 0 Å². The van der Waals surface area contributed by atoms with Crippen molar-refractivity contribution in [3.05, 3.63) is 24.5 Å². The molecule has 0 spiro atoms. The normalized spacial score (nSPS) is 10.2. The van der Waals surface area contributed by atoms with Crippen LogP contribution >= 0.6 is 0 Å². The lowest BCUT2D eigenvalue weighted by Crippen LogP contribution is -1.80. The van der Waals surface area contributed by atoms with Crippen molar-refractivity contribution in [2.45, 2.75) is 0 Å². The maximum atomic E-state index is 9.18. The number of aromatic hydroxyl groups is 2. The van der Waals surface area contributed by atoms with Gasteiger partial charge in [0.1, 0.15) is 6.33 Å². The van der Waals surface area contributed by atoms with E-state index in [-0.39, 0.29) is 11.5 Å². The number of phenolic OH excluding ortho intramolecular Hbond substituents is 2. The van der Waals surface area contributed by atoms with E-state index in [1.807, 2.05) is 0 Å². The maximum absolute atomic E-state index is 9.18. The maximum Gasteiger partial charge on any atom is 0.180 e. The highest BCUT2D eigenvalue weighted by Crippen LogP contribution is 2.28. The SMILES string of the molecule is Oc1ccc(-c2nc[nH]n2)cc1O. The van der Waals surface area contributed by atoms with Crippen LogP contribution in [0.15, 0.2) is 24.5 Å². The summed E-state index contributed by atoms with van der Waals surface area (Å²) in [5.41, 5.74) is 0.650. The number of phenols is 2. The van der Waals surface area contributed by atoms with Gasteiger partial charge in [-0.2, -0.15) is 5.10 Å². The van der Waals surface area contributed by atoms with E-state index in [0.717, 1.165) is 0 Å². The molecule has 0 aliphatic carbocycles. The monoisotopic (exact) mass is 177 g/mol. The quantitative estimate of drug-likeness (QED) is 0.565. The van der Waals surface area contributed by atoms with Gasteiger partial charge >= 0.3 is 0 Å². The van der Waals surface area contributed by atoms with Crippen LogP contribution in [0, 0.1) is 0 Å². The van der Waals surface area contributed by atoms with E-state index >= 15 is 0 Å². The molecule has 66 valence electrons. The summed E-state index contributed by atoms with van der Waals surface area (Å²) < 4.78 is 0. The minimum Gasteiger partial charge on any atom is -0.504 e. The smallest absolute Gasteiger partial charge is 0.180 e. The zero-order chi connectivity index (χ0) is 9.26. The molecule has 0 atom stereocenters. The average Bonchev–Trinajstić information content (AvgIpc) is 2.62. The van der Waals surface area contributed by atoms with Gasteiger partial charge in [-0.25, -0.2) is 4.98 Å². The first-order valence-corrected chi connectivity index (χ1v) is 3.65. The Morgan fingerprint density at radius 3 is 2.62 bits per heavy atom. The number of aromatic amines is 1. The molecule has 0 saturated carbocycles. The van der Waals surface area contributed by atoms with Crippen LogP contribution in [-0.4, -0.2) is 25.4 Å². The van der Waals surface area contributed by atoms with Crippen molar-refractivity contribution in [1.82, 2.24) is 15.2 Å². The highest BCUT2D eigenvalue weighted by Gasteiger charge is 2.04. The molecule has 0 radical (unpaired) electrons. The second-order valence-electron chi connectivity index (χ2n) is 2.53. The van der Waals surface area contributed by atoms with Crippen LogP contribution in [0.2, 0.25) is 0 Å². The molecule has 13 heavy (non-hydrogen) atoms. The van der Waals surface area contributed by atoms with Gasteiger partial charge in [0.05, 0.1) is 0 Å². The molecule has 1 aromatic carbocycles. The molecule has 0 bridgehead atoms. The largest absolute Gasteiger partial charge is 0.504 e. The highest BCUT2D eigenvalue weighted by molar-refractivity contribution is 5.59. The fraction of sp³-hybridized carbons (Fsp3) is 0. The molecule has 5 nitrogen and oxygen atoms in total. The van der Waals surface area contributed by atoms with E-state index in [9.17, 15) is 5.11 Å². The van der Waals surface area contributed by atoms with E-state index in [1.165, 1.54) is 18.5 Å². The number of hydrogen-bond acceptors (Lipinski definition) is 4. The van der Waals surface area contributed by atoms with Crippen LogP contribution in [0.5, 0.6) is 11.5 Å². The van der Waals surface area contributed by atoms with Crippen molar-refractivity contribution in [3.8, 4) is 22.9 Å². The number of nitrogens with zero attached hydrogens (tertiary/aromatic N) is 2. The van der Waals surface area contributed by atoms with Crippen LogP contribution in [0.3, 0.4) is 0 Å². The van der Waals surface area contributed by atoms with Crippen molar-refractivity contribution in [3.63, 3.8) is 0 Å². The Labute approximate surface area is 73.7 Å². The molecule has 0 fully saturated rings. The first-order valence-electron chi connectivity index (χ1n) is 3.65. The number of rotatable bonds is 1. The van der Waals surface area contributed by atoms with E-state index in [2.05, 4.69) is 15.2 Å². The van der Waals surface area contributed by atoms with Crippen LogP contribution in [0.1, 0.15) is 0 Å². The Morgan fingerprint density at radius 1 is 1.15 bits per heavy atom. The Hall–Kier alpha value is -2.04. The van der Waals surface area contributed by atoms with Crippen molar-refractivity contribution >= 4 is 0 Å². The zero-order valence-corrected chi connectivity index (χ0v) is 6.60. The molecule has 0 aliphatic rings.